The van der Waals surface area contributed by atoms with Gasteiger partial charge in [-0.3, -0.25) is 19.8 Å². The second-order valence-corrected chi connectivity index (χ2v) is 7.51. The van der Waals surface area contributed by atoms with E-state index in [1.807, 2.05) is 0 Å². The van der Waals surface area contributed by atoms with Crippen LogP contribution < -0.4 is 15.9 Å². The van der Waals surface area contributed by atoms with E-state index in [4.69, 9.17) is 16.3 Å². The Balaban J connectivity index is 1.71. The van der Waals surface area contributed by atoms with E-state index < -0.39 is 11.9 Å². The number of carbonyl (C=O) groups is 1. The average Bonchev–Trinajstić information content (AvgIpc) is 3.26. The molecule has 0 atom stereocenters. The number of carbonyl (C=O) groups excluding carboxylic acids is 1. The number of aryl methyl sites for hydroxylation is 2. The Morgan fingerprint density at radius 2 is 1.39 bits per heavy atom. The zero-order valence-electron chi connectivity index (χ0n) is 16.7. The number of hydrogen-bond acceptors (Lipinski definition) is 4. The van der Waals surface area contributed by atoms with Crippen LogP contribution in [0.3, 0.4) is 0 Å². The molecule has 158 valence electrons. The minimum absolute atomic E-state index is 0.259. The van der Waals surface area contributed by atoms with Crippen LogP contribution in [0.4, 0.5) is 0 Å². The standard InChI is InChI=1S/C22H19ClN4O4/c1-11-17(20(28)26-24-11)19(18-12(2)25-27-21(18)29)13-7-9-14(10-8-13)31-22(30)15-5-3-4-6-16(15)23/h3-10,19H,1-2H3,(H2,24,26,28)(H2,25,27,29). The topological polar surface area (TPSA) is 124 Å². The van der Waals surface area contributed by atoms with Crippen molar-refractivity contribution in [2.45, 2.75) is 19.8 Å². The van der Waals surface area contributed by atoms with Gasteiger partial charge < -0.3 is 14.9 Å². The highest BCUT2D eigenvalue weighted by Gasteiger charge is 2.28. The molecule has 0 aliphatic rings. The van der Waals surface area contributed by atoms with Gasteiger partial charge in [-0.05, 0) is 43.7 Å². The number of aromatic nitrogens is 4. The smallest absolute Gasteiger partial charge is 0.345 e. The Kier molecular flexibility index (Phi) is 5.39. The first-order chi connectivity index (χ1) is 14.9. The quantitative estimate of drug-likeness (QED) is 0.281. The van der Waals surface area contributed by atoms with Gasteiger partial charge in [0.25, 0.3) is 11.1 Å². The third-order valence-electron chi connectivity index (χ3n) is 5.12. The fourth-order valence-electron chi connectivity index (χ4n) is 3.60. The lowest BCUT2D eigenvalue weighted by atomic mass is 9.85. The molecule has 0 fully saturated rings. The van der Waals surface area contributed by atoms with Gasteiger partial charge >= 0.3 is 5.97 Å². The summed E-state index contributed by atoms with van der Waals surface area (Å²) in [5.74, 6) is -0.879. The van der Waals surface area contributed by atoms with Crippen molar-refractivity contribution in [2.24, 2.45) is 0 Å². The fourth-order valence-corrected chi connectivity index (χ4v) is 3.81. The molecule has 4 N–H and O–H groups in total. The highest BCUT2D eigenvalue weighted by molar-refractivity contribution is 6.33. The van der Waals surface area contributed by atoms with Crippen LogP contribution in [-0.4, -0.2) is 26.4 Å². The predicted octanol–water partition coefficient (Wildman–Crippen LogP) is 3.39. The summed E-state index contributed by atoms with van der Waals surface area (Å²) >= 11 is 6.05. The van der Waals surface area contributed by atoms with Crippen molar-refractivity contribution in [3.63, 3.8) is 0 Å². The largest absolute Gasteiger partial charge is 0.423 e. The molecule has 31 heavy (non-hydrogen) atoms. The van der Waals surface area contributed by atoms with Crippen molar-refractivity contribution in [2.75, 3.05) is 0 Å². The van der Waals surface area contributed by atoms with Gasteiger partial charge in [0.05, 0.1) is 21.7 Å². The summed E-state index contributed by atoms with van der Waals surface area (Å²) in [6, 6.07) is 13.3. The third-order valence-corrected chi connectivity index (χ3v) is 5.45. The summed E-state index contributed by atoms with van der Waals surface area (Å²) < 4.78 is 5.42. The van der Waals surface area contributed by atoms with Gasteiger partial charge in [0.15, 0.2) is 0 Å². The van der Waals surface area contributed by atoms with Gasteiger partial charge in [0, 0.05) is 17.3 Å². The van der Waals surface area contributed by atoms with E-state index in [0.717, 1.165) is 0 Å². The van der Waals surface area contributed by atoms with Crippen LogP contribution in [0.25, 0.3) is 0 Å². The van der Waals surface area contributed by atoms with Gasteiger partial charge in [-0.2, -0.15) is 0 Å². The highest BCUT2D eigenvalue weighted by Crippen LogP contribution is 2.32. The van der Waals surface area contributed by atoms with Crippen molar-refractivity contribution in [1.29, 1.82) is 0 Å². The van der Waals surface area contributed by atoms with Crippen molar-refractivity contribution < 1.29 is 9.53 Å². The molecular formula is C22H19ClN4O4. The second-order valence-electron chi connectivity index (χ2n) is 7.11. The molecule has 4 rings (SSSR count). The Labute approximate surface area is 181 Å². The van der Waals surface area contributed by atoms with Crippen molar-refractivity contribution in [3.8, 4) is 5.75 Å². The molecule has 2 aromatic heterocycles. The van der Waals surface area contributed by atoms with Crippen LogP contribution in [0.1, 0.15) is 44.4 Å². The molecule has 2 heterocycles. The average molecular weight is 439 g/mol. The maximum atomic E-state index is 12.5. The predicted molar refractivity (Wildman–Crippen MR) is 116 cm³/mol. The monoisotopic (exact) mass is 438 g/mol. The summed E-state index contributed by atoms with van der Waals surface area (Å²) in [5, 5.41) is 11.0. The number of ether oxygens (including phenoxy) is 1. The van der Waals surface area contributed by atoms with Crippen molar-refractivity contribution in [1.82, 2.24) is 20.4 Å². The molecule has 0 aliphatic carbocycles. The SMILES string of the molecule is Cc1[nH][nH]c(=O)c1C(c1ccc(OC(=O)c2ccccc2Cl)cc1)c1c(C)[nH][nH]c1=O. The number of esters is 1. The lowest BCUT2D eigenvalue weighted by molar-refractivity contribution is 0.0735. The van der Waals surface area contributed by atoms with Crippen LogP contribution in [-0.2, 0) is 0 Å². The van der Waals surface area contributed by atoms with Crippen LogP contribution in [0.2, 0.25) is 5.02 Å². The van der Waals surface area contributed by atoms with Crippen LogP contribution in [0, 0.1) is 13.8 Å². The maximum absolute atomic E-state index is 12.5. The molecule has 2 aromatic carbocycles. The second kappa shape index (κ2) is 8.16. The van der Waals surface area contributed by atoms with Gasteiger partial charge in [-0.25, -0.2) is 4.79 Å². The number of H-pyrrole nitrogens is 4. The highest BCUT2D eigenvalue weighted by atomic mass is 35.5. The zero-order valence-corrected chi connectivity index (χ0v) is 17.5. The molecule has 0 spiro atoms. The van der Waals surface area contributed by atoms with Crippen LogP contribution in [0.15, 0.2) is 58.1 Å². The lowest BCUT2D eigenvalue weighted by Gasteiger charge is -2.16. The summed E-state index contributed by atoms with van der Waals surface area (Å²) in [6.07, 6.45) is 0. The fraction of sp³-hybridized carbons (Fsp3) is 0.136. The van der Waals surface area contributed by atoms with Gasteiger partial charge in [0.1, 0.15) is 5.75 Å². The minimum atomic E-state index is -0.613. The molecule has 4 aromatic rings. The molecule has 0 bridgehead atoms. The number of hydrogen-bond donors (Lipinski definition) is 4. The Hall–Kier alpha value is -3.78. The van der Waals surface area contributed by atoms with Gasteiger partial charge in [-0.1, -0.05) is 35.9 Å². The Bertz CT molecular complexity index is 1310. The van der Waals surface area contributed by atoms with Crippen molar-refractivity contribution in [3.05, 3.63) is 108 Å². The molecule has 0 saturated heterocycles. The molecule has 0 amide bonds. The van der Waals surface area contributed by atoms with E-state index in [1.54, 1.807) is 62.4 Å². The summed E-state index contributed by atoms with van der Waals surface area (Å²) in [6.45, 7) is 3.52. The summed E-state index contributed by atoms with van der Waals surface area (Å²) in [4.78, 5) is 37.4. The van der Waals surface area contributed by atoms with Gasteiger partial charge in [-0.15, -0.1) is 0 Å². The lowest BCUT2D eigenvalue weighted by Crippen LogP contribution is -2.20. The first kappa shape index (κ1) is 20.5. The molecular weight excluding hydrogens is 420 g/mol. The first-order valence-corrected chi connectivity index (χ1v) is 9.85. The minimum Gasteiger partial charge on any atom is -0.423 e. The Morgan fingerprint density at radius 3 is 1.87 bits per heavy atom. The zero-order chi connectivity index (χ0) is 22.1. The molecule has 8 nitrogen and oxygen atoms in total. The maximum Gasteiger partial charge on any atom is 0.345 e. The van der Waals surface area contributed by atoms with E-state index in [-0.39, 0.29) is 16.7 Å². The molecule has 0 aliphatic heterocycles. The van der Waals surface area contributed by atoms with E-state index >= 15 is 0 Å². The van der Waals surface area contributed by atoms with Crippen LogP contribution >= 0.6 is 11.6 Å². The molecule has 0 saturated carbocycles. The molecule has 0 unspecified atom stereocenters. The number of benzene rings is 2. The van der Waals surface area contributed by atoms with E-state index in [2.05, 4.69) is 20.4 Å². The van der Waals surface area contributed by atoms with E-state index in [0.29, 0.717) is 38.9 Å². The normalized spacial score (nSPS) is 11.1. The van der Waals surface area contributed by atoms with Crippen LogP contribution in [0.5, 0.6) is 5.75 Å². The summed E-state index contributed by atoms with van der Waals surface area (Å²) in [7, 11) is 0. The summed E-state index contributed by atoms with van der Waals surface area (Å²) in [5.41, 5.74) is 2.47. The van der Waals surface area contributed by atoms with Gasteiger partial charge in [0.2, 0.25) is 0 Å². The molecule has 0 radical (unpaired) electrons. The number of aromatic amines is 4. The first-order valence-electron chi connectivity index (χ1n) is 9.47. The number of nitrogens with one attached hydrogen (secondary N) is 4. The van der Waals surface area contributed by atoms with E-state index in [1.165, 1.54) is 0 Å². The molecule has 9 heteroatoms. The van der Waals surface area contributed by atoms with Crippen molar-refractivity contribution >= 4 is 17.6 Å². The Morgan fingerprint density at radius 1 is 0.839 bits per heavy atom. The van der Waals surface area contributed by atoms with E-state index in [9.17, 15) is 14.4 Å². The number of rotatable bonds is 5. The number of halogens is 1. The third kappa shape index (κ3) is 3.85.